The zero-order valence-electron chi connectivity index (χ0n) is 11.1. The number of amides is 1. The fourth-order valence-corrected chi connectivity index (χ4v) is 1.39. The Morgan fingerprint density at radius 3 is 2.78 bits per heavy atom. The molecule has 1 amide bonds. The van der Waals surface area contributed by atoms with Gasteiger partial charge in [0.2, 0.25) is 0 Å². The molecule has 6 nitrogen and oxygen atoms in total. The molecule has 2 N–H and O–H groups in total. The fraction of sp³-hybridized carbons (Fsp3) is 0.583. The molecule has 18 heavy (non-hydrogen) atoms. The van der Waals surface area contributed by atoms with Crippen molar-refractivity contribution in [2.75, 3.05) is 25.6 Å². The lowest BCUT2D eigenvalue weighted by Gasteiger charge is -2.12. The summed E-state index contributed by atoms with van der Waals surface area (Å²) in [5, 5.41) is 13.6. The average Bonchev–Trinajstić information content (AvgIpc) is 2.37. The Kier molecular flexibility index (Phi) is 6.07. The van der Waals surface area contributed by atoms with Crippen LogP contribution in [0.3, 0.4) is 0 Å². The third-order valence-corrected chi connectivity index (χ3v) is 2.39. The van der Waals surface area contributed by atoms with Crippen molar-refractivity contribution >= 4 is 11.7 Å². The van der Waals surface area contributed by atoms with Gasteiger partial charge in [0.15, 0.2) is 5.69 Å². The second kappa shape index (κ2) is 7.60. The third-order valence-electron chi connectivity index (χ3n) is 2.39. The Morgan fingerprint density at radius 2 is 2.22 bits per heavy atom. The monoisotopic (exact) mass is 252 g/mol. The van der Waals surface area contributed by atoms with Crippen LogP contribution in [0.1, 0.15) is 30.8 Å². The van der Waals surface area contributed by atoms with Crippen LogP contribution in [-0.2, 0) is 4.74 Å². The molecule has 1 atom stereocenters. The molecule has 1 aromatic rings. The molecule has 0 saturated heterocycles. The average molecular weight is 252 g/mol. The predicted molar refractivity (Wildman–Crippen MR) is 69.6 cm³/mol. The van der Waals surface area contributed by atoms with Crippen LogP contribution in [0.4, 0.5) is 5.82 Å². The highest BCUT2D eigenvalue weighted by Gasteiger charge is 2.11. The van der Waals surface area contributed by atoms with Crippen molar-refractivity contribution in [3.8, 4) is 0 Å². The van der Waals surface area contributed by atoms with E-state index in [1.165, 1.54) is 0 Å². The quantitative estimate of drug-likeness (QED) is 0.759. The number of rotatable bonds is 7. The van der Waals surface area contributed by atoms with Crippen LogP contribution in [0.15, 0.2) is 12.1 Å². The molecule has 0 radical (unpaired) electrons. The number of aromatic nitrogens is 2. The first kappa shape index (κ1) is 14.4. The minimum Gasteiger partial charge on any atom is -0.385 e. The summed E-state index contributed by atoms with van der Waals surface area (Å²) in [6.07, 6.45) is 0.769. The number of methoxy groups -OCH3 is 1. The van der Waals surface area contributed by atoms with Crippen molar-refractivity contribution in [2.45, 2.75) is 26.3 Å². The SMILES string of the molecule is CCNc1ccc(C(=O)NC(C)CCOC)nn1. The Morgan fingerprint density at radius 1 is 1.44 bits per heavy atom. The highest BCUT2D eigenvalue weighted by Crippen LogP contribution is 2.02. The molecule has 1 unspecified atom stereocenters. The summed E-state index contributed by atoms with van der Waals surface area (Å²) in [5.41, 5.74) is 0.320. The lowest BCUT2D eigenvalue weighted by molar-refractivity contribution is 0.0923. The summed E-state index contributed by atoms with van der Waals surface area (Å²) in [6, 6.07) is 3.45. The molecule has 6 heteroatoms. The first-order valence-corrected chi connectivity index (χ1v) is 6.04. The van der Waals surface area contributed by atoms with E-state index in [4.69, 9.17) is 4.74 Å². The van der Waals surface area contributed by atoms with Gasteiger partial charge in [-0.1, -0.05) is 0 Å². The maximum Gasteiger partial charge on any atom is 0.272 e. The number of hydrogen-bond acceptors (Lipinski definition) is 5. The first-order chi connectivity index (χ1) is 8.67. The van der Waals surface area contributed by atoms with Gasteiger partial charge in [-0.15, -0.1) is 10.2 Å². The van der Waals surface area contributed by atoms with E-state index in [1.54, 1.807) is 19.2 Å². The molecule has 0 aliphatic heterocycles. The zero-order chi connectivity index (χ0) is 13.4. The molecular weight excluding hydrogens is 232 g/mol. The van der Waals surface area contributed by atoms with Gasteiger partial charge in [0, 0.05) is 26.3 Å². The molecular formula is C12H20N4O2. The second-order valence-electron chi connectivity index (χ2n) is 3.99. The highest BCUT2D eigenvalue weighted by atomic mass is 16.5. The van der Waals surface area contributed by atoms with Crippen molar-refractivity contribution in [3.63, 3.8) is 0 Å². The summed E-state index contributed by atoms with van der Waals surface area (Å²) >= 11 is 0. The lowest BCUT2D eigenvalue weighted by Crippen LogP contribution is -2.34. The third kappa shape index (κ3) is 4.67. The molecule has 0 bridgehead atoms. The topological polar surface area (TPSA) is 76.1 Å². The van der Waals surface area contributed by atoms with Gasteiger partial charge in [0.25, 0.3) is 5.91 Å². The van der Waals surface area contributed by atoms with Gasteiger partial charge < -0.3 is 15.4 Å². The summed E-state index contributed by atoms with van der Waals surface area (Å²) < 4.78 is 4.95. The van der Waals surface area contributed by atoms with Crippen molar-refractivity contribution in [3.05, 3.63) is 17.8 Å². The first-order valence-electron chi connectivity index (χ1n) is 6.04. The van der Waals surface area contributed by atoms with Crippen LogP contribution in [0, 0.1) is 0 Å². The van der Waals surface area contributed by atoms with Crippen LogP contribution < -0.4 is 10.6 Å². The van der Waals surface area contributed by atoms with Crippen LogP contribution in [-0.4, -0.2) is 42.4 Å². The van der Waals surface area contributed by atoms with Gasteiger partial charge >= 0.3 is 0 Å². The van der Waals surface area contributed by atoms with Crippen LogP contribution >= 0.6 is 0 Å². The van der Waals surface area contributed by atoms with E-state index in [1.807, 2.05) is 13.8 Å². The largest absolute Gasteiger partial charge is 0.385 e. The molecule has 0 aliphatic carbocycles. The lowest BCUT2D eigenvalue weighted by atomic mass is 10.2. The summed E-state index contributed by atoms with van der Waals surface area (Å²) in [5.74, 6) is 0.454. The number of nitrogens with one attached hydrogen (secondary N) is 2. The van der Waals surface area contributed by atoms with Gasteiger partial charge in [-0.25, -0.2) is 0 Å². The number of hydrogen-bond donors (Lipinski definition) is 2. The van der Waals surface area contributed by atoms with Gasteiger partial charge in [-0.2, -0.15) is 0 Å². The van der Waals surface area contributed by atoms with Gasteiger partial charge in [0.1, 0.15) is 5.82 Å². The summed E-state index contributed by atoms with van der Waals surface area (Å²) in [7, 11) is 1.64. The van der Waals surface area contributed by atoms with E-state index >= 15 is 0 Å². The van der Waals surface area contributed by atoms with Crippen LogP contribution in [0.25, 0.3) is 0 Å². The van der Waals surface area contributed by atoms with Crippen molar-refractivity contribution < 1.29 is 9.53 Å². The Balaban J connectivity index is 2.50. The normalized spacial score (nSPS) is 11.9. The molecule has 0 spiro atoms. The van der Waals surface area contributed by atoms with E-state index in [2.05, 4.69) is 20.8 Å². The summed E-state index contributed by atoms with van der Waals surface area (Å²) in [4.78, 5) is 11.8. The minimum absolute atomic E-state index is 0.0488. The molecule has 0 aliphatic rings. The van der Waals surface area contributed by atoms with Crippen molar-refractivity contribution in [2.24, 2.45) is 0 Å². The number of carbonyl (C=O) groups is 1. The minimum atomic E-state index is -0.214. The predicted octanol–water partition coefficient (Wildman–Crippen LogP) is 1.06. The molecule has 1 aromatic heterocycles. The standard InChI is InChI=1S/C12H20N4O2/c1-4-13-11-6-5-10(15-16-11)12(17)14-9(2)7-8-18-3/h5-6,9H,4,7-8H2,1-3H3,(H,13,16)(H,14,17). The number of nitrogens with zero attached hydrogens (tertiary/aromatic N) is 2. The van der Waals surface area contributed by atoms with E-state index in [0.29, 0.717) is 18.1 Å². The molecule has 100 valence electrons. The second-order valence-corrected chi connectivity index (χ2v) is 3.99. The van der Waals surface area contributed by atoms with Crippen LogP contribution in [0.5, 0.6) is 0 Å². The van der Waals surface area contributed by atoms with Crippen molar-refractivity contribution in [1.29, 1.82) is 0 Å². The van der Waals surface area contributed by atoms with E-state index < -0.39 is 0 Å². The molecule has 0 aromatic carbocycles. The van der Waals surface area contributed by atoms with Gasteiger partial charge in [-0.05, 0) is 32.4 Å². The molecule has 0 fully saturated rings. The van der Waals surface area contributed by atoms with Gasteiger partial charge in [0.05, 0.1) is 0 Å². The van der Waals surface area contributed by atoms with E-state index in [9.17, 15) is 4.79 Å². The zero-order valence-corrected chi connectivity index (χ0v) is 11.1. The molecule has 0 saturated carbocycles. The van der Waals surface area contributed by atoms with Crippen molar-refractivity contribution in [1.82, 2.24) is 15.5 Å². The maximum absolute atomic E-state index is 11.8. The molecule has 1 heterocycles. The highest BCUT2D eigenvalue weighted by molar-refractivity contribution is 5.92. The number of carbonyl (C=O) groups excluding carboxylic acids is 1. The maximum atomic E-state index is 11.8. The smallest absolute Gasteiger partial charge is 0.272 e. The Bertz CT molecular complexity index is 367. The molecule has 1 rings (SSSR count). The Labute approximate surface area is 107 Å². The van der Waals surface area contributed by atoms with E-state index in [0.717, 1.165) is 13.0 Å². The van der Waals surface area contributed by atoms with Crippen LogP contribution in [0.2, 0.25) is 0 Å². The number of anilines is 1. The van der Waals surface area contributed by atoms with E-state index in [-0.39, 0.29) is 11.9 Å². The summed E-state index contributed by atoms with van der Waals surface area (Å²) in [6.45, 7) is 5.29. The Hall–Kier alpha value is -1.69. The number of ether oxygens (including phenoxy) is 1. The van der Waals surface area contributed by atoms with Gasteiger partial charge in [-0.3, -0.25) is 4.79 Å². The fourth-order valence-electron chi connectivity index (χ4n) is 1.39.